The molecule has 94 valence electrons. The summed E-state index contributed by atoms with van der Waals surface area (Å²) in [5, 5.41) is 4.32. The predicted molar refractivity (Wildman–Crippen MR) is 72.9 cm³/mol. The highest BCUT2D eigenvalue weighted by molar-refractivity contribution is 7.99. The molecule has 0 aromatic carbocycles. The lowest BCUT2D eigenvalue weighted by molar-refractivity contribution is 0.220. The maximum atomic E-state index is 5.66. The Kier molecular flexibility index (Phi) is 6.97. The summed E-state index contributed by atoms with van der Waals surface area (Å²) in [6.45, 7) is 8.69. The summed E-state index contributed by atoms with van der Waals surface area (Å²) in [6, 6.07) is 0.418. The fourth-order valence-corrected chi connectivity index (χ4v) is 2.66. The van der Waals surface area contributed by atoms with Crippen LogP contribution in [0.15, 0.2) is 11.8 Å². The van der Waals surface area contributed by atoms with Crippen LogP contribution < -0.4 is 5.32 Å². The van der Waals surface area contributed by atoms with Gasteiger partial charge in [0.15, 0.2) is 0 Å². The van der Waals surface area contributed by atoms with E-state index in [4.69, 9.17) is 4.74 Å². The van der Waals surface area contributed by atoms with Crippen LogP contribution in [-0.4, -0.2) is 30.2 Å². The van der Waals surface area contributed by atoms with E-state index in [1.165, 1.54) is 18.6 Å². The summed E-state index contributed by atoms with van der Waals surface area (Å²) in [5.74, 6) is 2.30. The van der Waals surface area contributed by atoms with Crippen LogP contribution in [0.4, 0.5) is 0 Å². The minimum absolute atomic E-state index is 0.418. The van der Waals surface area contributed by atoms with Crippen LogP contribution in [0.5, 0.6) is 0 Å². The van der Waals surface area contributed by atoms with Crippen molar-refractivity contribution < 1.29 is 4.74 Å². The number of thioether (sulfide) groups is 1. The molecule has 1 aliphatic rings. The van der Waals surface area contributed by atoms with Gasteiger partial charge in [-0.05, 0) is 25.5 Å². The van der Waals surface area contributed by atoms with Gasteiger partial charge in [-0.3, -0.25) is 0 Å². The van der Waals surface area contributed by atoms with Crippen molar-refractivity contribution in [1.82, 2.24) is 5.32 Å². The third-order valence-corrected chi connectivity index (χ3v) is 4.27. The Bertz CT molecular complexity index is 218. The van der Waals surface area contributed by atoms with Gasteiger partial charge in [-0.1, -0.05) is 20.8 Å². The van der Waals surface area contributed by atoms with E-state index in [1.54, 1.807) is 0 Å². The van der Waals surface area contributed by atoms with Crippen molar-refractivity contribution in [3.05, 3.63) is 11.8 Å². The molecule has 0 fully saturated rings. The van der Waals surface area contributed by atoms with Gasteiger partial charge in [-0.25, -0.2) is 0 Å². The van der Waals surface area contributed by atoms with Gasteiger partial charge in [0.2, 0.25) is 0 Å². The Hall–Kier alpha value is -0.150. The van der Waals surface area contributed by atoms with Crippen LogP contribution in [0.3, 0.4) is 0 Å². The first-order valence-corrected chi connectivity index (χ1v) is 7.50. The third-order valence-electron chi connectivity index (χ3n) is 2.84. The van der Waals surface area contributed by atoms with Crippen molar-refractivity contribution in [1.29, 1.82) is 0 Å². The van der Waals surface area contributed by atoms with Gasteiger partial charge in [0.1, 0.15) is 5.76 Å². The number of ether oxygens (including phenoxy) is 1. The SMILES string of the molecule is CCCNC(CSC(C)CC)C1=CCCO1. The van der Waals surface area contributed by atoms with Crippen LogP contribution in [0, 0.1) is 0 Å². The maximum absolute atomic E-state index is 5.66. The molecule has 2 atom stereocenters. The highest BCUT2D eigenvalue weighted by Crippen LogP contribution is 2.21. The monoisotopic (exact) mass is 243 g/mol. The van der Waals surface area contributed by atoms with Crippen LogP contribution in [0.2, 0.25) is 0 Å². The van der Waals surface area contributed by atoms with E-state index in [0.717, 1.165) is 30.6 Å². The second-order valence-corrected chi connectivity index (χ2v) is 5.77. The Balaban J connectivity index is 2.37. The highest BCUT2D eigenvalue weighted by Gasteiger charge is 2.18. The molecule has 0 radical (unpaired) electrons. The first kappa shape index (κ1) is 13.9. The third kappa shape index (κ3) is 4.79. The molecule has 0 bridgehead atoms. The molecule has 0 aromatic heterocycles. The van der Waals surface area contributed by atoms with Crippen molar-refractivity contribution in [2.45, 2.75) is 51.3 Å². The molecule has 16 heavy (non-hydrogen) atoms. The number of hydrogen-bond donors (Lipinski definition) is 1. The second kappa shape index (κ2) is 8.02. The number of hydrogen-bond acceptors (Lipinski definition) is 3. The van der Waals surface area contributed by atoms with Gasteiger partial charge in [0.25, 0.3) is 0 Å². The van der Waals surface area contributed by atoms with Crippen molar-refractivity contribution in [3.8, 4) is 0 Å². The van der Waals surface area contributed by atoms with Crippen molar-refractivity contribution in [3.63, 3.8) is 0 Å². The molecule has 1 aliphatic heterocycles. The summed E-state index contributed by atoms with van der Waals surface area (Å²) < 4.78 is 5.66. The smallest absolute Gasteiger partial charge is 0.110 e. The molecule has 0 aliphatic carbocycles. The van der Waals surface area contributed by atoms with Crippen molar-refractivity contribution in [2.75, 3.05) is 18.9 Å². The van der Waals surface area contributed by atoms with Gasteiger partial charge in [0.05, 0.1) is 12.6 Å². The molecule has 1 rings (SSSR count). The van der Waals surface area contributed by atoms with Crippen LogP contribution in [-0.2, 0) is 4.74 Å². The number of nitrogens with one attached hydrogen (secondary N) is 1. The molecule has 0 saturated heterocycles. The molecule has 2 unspecified atom stereocenters. The van der Waals surface area contributed by atoms with Crippen LogP contribution in [0.1, 0.15) is 40.0 Å². The van der Waals surface area contributed by atoms with E-state index in [1.807, 2.05) is 11.8 Å². The highest BCUT2D eigenvalue weighted by atomic mass is 32.2. The molecule has 0 saturated carbocycles. The van der Waals surface area contributed by atoms with Gasteiger partial charge in [-0.15, -0.1) is 0 Å². The van der Waals surface area contributed by atoms with E-state index in [0.29, 0.717) is 6.04 Å². The lowest BCUT2D eigenvalue weighted by Gasteiger charge is -2.20. The normalized spacial score (nSPS) is 19.1. The lowest BCUT2D eigenvalue weighted by atomic mass is 10.2. The molecular formula is C13H25NOS. The zero-order valence-electron chi connectivity index (χ0n) is 10.8. The van der Waals surface area contributed by atoms with Gasteiger partial charge >= 0.3 is 0 Å². The summed E-state index contributed by atoms with van der Waals surface area (Å²) in [7, 11) is 0. The van der Waals surface area contributed by atoms with E-state index in [2.05, 4.69) is 32.2 Å². The lowest BCUT2D eigenvalue weighted by Crippen LogP contribution is -2.34. The van der Waals surface area contributed by atoms with E-state index in [9.17, 15) is 0 Å². The Morgan fingerprint density at radius 3 is 2.88 bits per heavy atom. The van der Waals surface area contributed by atoms with Crippen molar-refractivity contribution in [2.24, 2.45) is 0 Å². The molecular weight excluding hydrogens is 218 g/mol. The summed E-state index contributed by atoms with van der Waals surface area (Å²) in [4.78, 5) is 0. The standard InChI is InChI=1S/C13H25NOS/c1-4-8-14-12(10-16-11(3)5-2)13-7-6-9-15-13/h7,11-12,14H,4-6,8-10H2,1-3H3. The molecule has 0 spiro atoms. The topological polar surface area (TPSA) is 21.3 Å². The second-order valence-electron chi connectivity index (χ2n) is 4.30. The van der Waals surface area contributed by atoms with Crippen LogP contribution >= 0.6 is 11.8 Å². The predicted octanol–water partition coefficient (Wildman–Crippen LogP) is 3.19. The van der Waals surface area contributed by atoms with E-state index >= 15 is 0 Å². The minimum atomic E-state index is 0.418. The molecule has 3 heteroatoms. The quantitative estimate of drug-likeness (QED) is 0.707. The van der Waals surface area contributed by atoms with Crippen LogP contribution in [0.25, 0.3) is 0 Å². The van der Waals surface area contributed by atoms with Gasteiger partial charge in [-0.2, -0.15) is 11.8 Å². The Morgan fingerprint density at radius 1 is 1.50 bits per heavy atom. The largest absolute Gasteiger partial charge is 0.496 e. The summed E-state index contributed by atoms with van der Waals surface area (Å²) >= 11 is 2.04. The Morgan fingerprint density at radius 2 is 2.31 bits per heavy atom. The molecule has 1 N–H and O–H groups in total. The molecule has 2 nitrogen and oxygen atoms in total. The fraction of sp³-hybridized carbons (Fsp3) is 0.846. The Labute approximate surface area is 104 Å². The zero-order chi connectivity index (χ0) is 11.8. The maximum Gasteiger partial charge on any atom is 0.110 e. The molecule has 0 aromatic rings. The number of rotatable bonds is 8. The zero-order valence-corrected chi connectivity index (χ0v) is 11.6. The summed E-state index contributed by atoms with van der Waals surface area (Å²) in [6.07, 6.45) is 5.74. The van der Waals surface area contributed by atoms with E-state index < -0.39 is 0 Å². The molecule has 1 heterocycles. The molecule has 0 amide bonds. The average Bonchev–Trinajstić information content (AvgIpc) is 2.82. The first-order chi connectivity index (χ1) is 7.77. The first-order valence-electron chi connectivity index (χ1n) is 6.45. The van der Waals surface area contributed by atoms with Crippen molar-refractivity contribution >= 4 is 11.8 Å². The minimum Gasteiger partial charge on any atom is -0.496 e. The average molecular weight is 243 g/mol. The van der Waals surface area contributed by atoms with Gasteiger partial charge in [0, 0.05) is 17.4 Å². The van der Waals surface area contributed by atoms with Gasteiger partial charge < -0.3 is 10.1 Å². The van der Waals surface area contributed by atoms with E-state index in [-0.39, 0.29) is 0 Å². The summed E-state index contributed by atoms with van der Waals surface area (Å²) in [5.41, 5.74) is 0. The fourth-order valence-electron chi connectivity index (χ4n) is 1.62.